The predicted octanol–water partition coefficient (Wildman–Crippen LogP) is 3.62. The molecule has 5 rings (SSSR count). The maximum absolute atomic E-state index is 14.2. The average molecular weight is 517 g/mol. The Morgan fingerprint density at radius 3 is 2.58 bits per heavy atom. The number of para-hydroxylation sites is 1. The normalized spacial score (nSPS) is 13.8. The van der Waals surface area contributed by atoms with Crippen molar-refractivity contribution in [1.82, 2.24) is 24.9 Å². The van der Waals surface area contributed by atoms with Gasteiger partial charge in [0.05, 0.1) is 11.2 Å². The topological polar surface area (TPSA) is 104 Å². The van der Waals surface area contributed by atoms with Crippen LogP contribution in [0.1, 0.15) is 38.9 Å². The van der Waals surface area contributed by atoms with E-state index in [-0.39, 0.29) is 18.4 Å². The van der Waals surface area contributed by atoms with Gasteiger partial charge in [0, 0.05) is 30.5 Å². The van der Waals surface area contributed by atoms with Gasteiger partial charge in [-0.3, -0.25) is 14.5 Å². The molecule has 0 bridgehead atoms. The van der Waals surface area contributed by atoms with E-state index in [9.17, 15) is 9.59 Å². The SMILES string of the molecule is CCC(C)(C)NC(=O)[C@H](c1cccn1C)N(C(=O)Cn1nnc2ccccc21)c1ccc2c(c1)OCCO2. The number of nitrogens with zero attached hydrogens (tertiary/aromatic N) is 5. The van der Waals surface area contributed by atoms with Crippen molar-refractivity contribution in [3.8, 4) is 11.5 Å². The van der Waals surface area contributed by atoms with Gasteiger partial charge < -0.3 is 19.4 Å². The van der Waals surface area contributed by atoms with E-state index >= 15 is 0 Å². The number of benzene rings is 2. The Hall–Kier alpha value is -4.34. The zero-order valence-corrected chi connectivity index (χ0v) is 22.0. The Kier molecular flexibility index (Phi) is 6.79. The highest BCUT2D eigenvalue weighted by Gasteiger charge is 2.37. The molecule has 10 heteroatoms. The standard InChI is InChI=1S/C28H32N6O4/c1-5-28(2,3)29-27(36)26(22-11-8-14-32(22)4)34(19-12-13-23-24(17-19)38-16-15-37-23)25(35)18-33-21-10-7-6-9-20(21)30-31-33/h6-14,17,26H,5,15-16,18H2,1-4H3,(H,29,36)/t26-/m0/s1. The average Bonchev–Trinajstić information content (AvgIpc) is 3.52. The predicted molar refractivity (Wildman–Crippen MR) is 143 cm³/mol. The second-order valence-electron chi connectivity index (χ2n) is 10.0. The summed E-state index contributed by atoms with van der Waals surface area (Å²) >= 11 is 0. The lowest BCUT2D eigenvalue weighted by Gasteiger charge is -2.35. The van der Waals surface area contributed by atoms with Gasteiger partial charge in [-0.1, -0.05) is 24.3 Å². The smallest absolute Gasteiger partial charge is 0.249 e. The highest BCUT2D eigenvalue weighted by atomic mass is 16.6. The Balaban J connectivity index is 1.62. The van der Waals surface area contributed by atoms with E-state index in [4.69, 9.17) is 9.47 Å². The summed E-state index contributed by atoms with van der Waals surface area (Å²) in [6.07, 6.45) is 2.58. The Labute approximate surface area is 221 Å². The molecule has 0 saturated heterocycles. The number of nitrogens with one attached hydrogen (secondary N) is 1. The van der Waals surface area contributed by atoms with Crippen molar-refractivity contribution in [1.29, 1.82) is 0 Å². The molecule has 1 aliphatic rings. The molecule has 0 saturated carbocycles. The molecule has 1 atom stereocenters. The van der Waals surface area contributed by atoms with Crippen LogP contribution in [0.4, 0.5) is 5.69 Å². The van der Waals surface area contributed by atoms with Crippen molar-refractivity contribution in [2.45, 2.75) is 45.3 Å². The monoisotopic (exact) mass is 516 g/mol. The molecule has 0 fully saturated rings. The van der Waals surface area contributed by atoms with Crippen molar-refractivity contribution in [3.05, 3.63) is 66.5 Å². The van der Waals surface area contributed by atoms with Crippen LogP contribution < -0.4 is 19.7 Å². The highest BCUT2D eigenvalue weighted by molar-refractivity contribution is 6.01. The zero-order chi connectivity index (χ0) is 26.9. The van der Waals surface area contributed by atoms with Crippen LogP contribution in [0.5, 0.6) is 11.5 Å². The number of aryl methyl sites for hydroxylation is 1. The van der Waals surface area contributed by atoms with Crippen LogP contribution in [0.2, 0.25) is 0 Å². The van der Waals surface area contributed by atoms with E-state index in [1.807, 2.05) is 75.0 Å². The van der Waals surface area contributed by atoms with Gasteiger partial charge in [-0.05, 0) is 56.7 Å². The summed E-state index contributed by atoms with van der Waals surface area (Å²) in [7, 11) is 1.86. The fraction of sp³-hybridized carbons (Fsp3) is 0.357. The molecule has 198 valence electrons. The minimum atomic E-state index is -0.953. The fourth-order valence-corrected chi connectivity index (χ4v) is 4.49. The largest absolute Gasteiger partial charge is 0.486 e. The molecule has 38 heavy (non-hydrogen) atoms. The minimum Gasteiger partial charge on any atom is -0.486 e. The number of anilines is 1. The number of carbonyl (C=O) groups excluding carboxylic acids is 2. The quantitative estimate of drug-likeness (QED) is 0.384. The van der Waals surface area contributed by atoms with Crippen LogP contribution in [-0.2, 0) is 23.2 Å². The van der Waals surface area contributed by atoms with Gasteiger partial charge in [0.25, 0.3) is 0 Å². The van der Waals surface area contributed by atoms with E-state index in [2.05, 4.69) is 15.6 Å². The summed E-state index contributed by atoms with van der Waals surface area (Å²) in [5.41, 5.74) is 2.13. The molecular formula is C28H32N6O4. The van der Waals surface area contributed by atoms with E-state index in [1.165, 1.54) is 4.90 Å². The first-order valence-corrected chi connectivity index (χ1v) is 12.7. The van der Waals surface area contributed by atoms with Crippen LogP contribution in [-0.4, -0.2) is 50.1 Å². The second kappa shape index (κ2) is 10.2. The van der Waals surface area contributed by atoms with Crippen molar-refractivity contribution >= 4 is 28.5 Å². The number of ether oxygens (including phenoxy) is 2. The summed E-state index contributed by atoms with van der Waals surface area (Å²) in [5.74, 6) is 0.512. The number of aromatic nitrogens is 4. The van der Waals surface area contributed by atoms with Crippen LogP contribution >= 0.6 is 0 Å². The molecular weight excluding hydrogens is 484 g/mol. The molecule has 0 radical (unpaired) electrons. The Morgan fingerprint density at radius 2 is 1.84 bits per heavy atom. The van der Waals surface area contributed by atoms with E-state index in [0.717, 1.165) is 11.9 Å². The fourth-order valence-electron chi connectivity index (χ4n) is 4.49. The van der Waals surface area contributed by atoms with Gasteiger partial charge in [0.1, 0.15) is 25.3 Å². The van der Waals surface area contributed by atoms with Crippen LogP contribution in [0.3, 0.4) is 0 Å². The molecule has 1 aliphatic heterocycles. The second-order valence-corrected chi connectivity index (χ2v) is 10.0. The van der Waals surface area contributed by atoms with E-state index in [0.29, 0.717) is 41.6 Å². The third-order valence-corrected chi connectivity index (χ3v) is 6.89. The molecule has 0 unspecified atom stereocenters. The number of fused-ring (bicyclic) bond motifs is 2. The molecule has 0 spiro atoms. The molecule has 2 aromatic heterocycles. The first kappa shape index (κ1) is 25.3. The van der Waals surface area contributed by atoms with Crippen LogP contribution in [0.25, 0.3) is 11.0 Å². The van der Waals surface area contributed by atoms with E-state index in [1.54, 1.807) is 22.9 Å². The van der Waals surface area contributed by atoms with Crippen LogP contribution in [0.15, 0.2) is 60.8 Å². The first-order valence-electron chi connectivity index (χ1n) is 12.7. The van der Waals surface area contributed by atoms with Crippen molar-refractivity contribution in [3.63, 3.8) is 0 Å². The van der Waals surface area contributed by atoms with Gasteiger partial charge in [-0.25, -0.2) is 4.68 Å². The summed E-state index contributed by atoms with van der Waals surface area (Å²) in [5, 5.41) is 11.5. The Bertz CT molecular complexity index is 1470. The minimum absolute atomic E-state index is 0.111. The maximum Gasteiger partial charge on any atom is 0.249 e. The number of carbonyl (C=O) groups is 2. The zero-order valence-electron chi connectivity index (χ0n) is 22.0. The third-order valence-electron chi connectivity index (χ3n) is 6.89. The molecule has 10 nitrogen and oxygen atoms in total. The van der Waals surface area contributed by atoms with Crippen LogP contribution in [0, 0.1) is 0 Å². The number of amides is 2. The highest BCUT2D eigenvalue weighted by Crippen LogP contribution is 2.37. The number of hydrogen-bond donors (Lipinski definition) is 1. The first-order chi connectivity index (χ1) is 18.3. The van der Waals surface area contributed by atoms with Gasteiger partial charge in [-0.15, -0.1) is 5.10 Å². The lowest BCUT2D eigenvalue weighted by molar-refractivity contribution is -0.128. The van der Waals surface area contributed by atoms with E-state index < -0.39 is 11.6 Å². The summed E-state index contributed by atoms with van der Waals surface area (Å²) in [6.45, 7) is 6.68. The molecule has 1 N–H and O–H groups in total. The number of rotatable bonds is 8. The lowest BCUT2D eigenvalue weighted by Crippen LogP contribution is -2.51. The summed E-state index contributed by atoms with van der Waals surface area (Å²) in [4.78, 5) is 29.7. The summed E-state index contributed by atoms with van der Waals surface area (Å²) in [6, 6.07) is 15.5. The molecule has 3 heterocycles. The van der Waals surface area contributed by atoms with Crippen molar-refractivity contribution in [2.24, 2.45) is 7.05 Å². The molecule has 0 aliphatic carbocycles. The van der Waals surface area contributed by atoms with Gasteiger partial charge in [0.15, 0.2) is 17.5 Å². The third kappa shape index (κ3) is 4.93. The number of hydrogen-bond acceptors (Lipinski definition) is 6. The summed E-state index contributed by atoms with van der Waals surface area (Å²) < 4.78 is 14.9. The maximum atomic E-state index is 14.2. The van der Waals surface area contributed by atoms with Crippen molar-refractivity contribution in [2.75, 3.05) is 18.1 Å². The molecule has 4 aromatic rings. The molecule has 2 aromatic carbocycles. The lowest BCUT2D eigenvalue weighted by atomic mass is 10.00. The van der Waals surface area contributed by atoms with Gasteiger partial charge in [0.2, 0.25) is 11.8 Å². The van der Waals surface area contributed by atoms with Crippen molar-refractivity contribution < 1.29 is 19.1 Å². The Morgan fingerprint density at radius 1 is 1.08 bits per heavy atom. The van der Waals surface area contributed by atoms with Gasteiger partial charge in [-0.2, -0.15) is 0 Å². The molecule has 2 amide bonds. The van der Waals surface area contributed by atoms with Gasteiger partial charge >= 0.3 is 0 Å².